The van der Waals surface area contributed by atoms with Crippen LogP contribution in [-0.4, -0.2) is 23.3 Å². The van der Waals surface area contributed by atoms with Crippen molar-refractivity contribution in [1.82, 2.24) is 4.98 Å². The topological polar surface area (TPSA) is 82.3 Å². The molecule has 1 saturated heterocycles. The number of amides is 2. The molecule has 1 atom stereocenters. The zero-order chi connectivity index (χ0) is 18.1. The number of aryl methyl sites for hydroxylation is 2. The standard InChI is InChI=1S/C18H18FN3O3/c1-10-6-14(3-4-15(10)19)22-9-12(7-16(22)23)18(25)21-13-5-11(2)17(24)20-8-13/h3-6,8,12H,7,9H2,1-2H3,(H,20,24)(H,21,25)/t12-/m1/s1. The Kier molecular flexibility index (Phi) is 4.39. The minimum atomic E-state index is -0.509. The largest absolute Gasteiger partial charge is 0.327 e. The number of benzene rings is 1. The van der Waals surface area contributed by atoms with Crippen LogP contribution in [0.15, 0.2) is 35.3 Å². The van der Waals surface area contributed by atoms with Gasteiger partial charge < -0.3 is 15.2 Å². The summed E-state index contributed by atoms with van der Waals surface area (Å²) in [5, 5.41) is 2.72. The van der Waals surface area contributed by atoms with E-state index in [1.54, 1.807) is 26.0 Å². The molecule has 3 rings (SSSR count). The summed E-state index contributed by atoms with van der Waals surface area (Å²) in [5.74, 6) is -1.31. The highest BCUT2D eigenvalue weighted by atomic mass is 19.1. The van der Waals surface area contributed by atoms with Crippen molar-refractivity contribution in [1.29, 1.82) is 0 Å². The molecule has 0 bridgehead atoms. The molecule has 1 aliphatic heterocycles. The number of hydrogen-bond donors (Lipinski definition) is 2. The second-order valence-corrected chi connectivity index (χ2v) is 6.23. The van der Waals surface area contributed by atoms with E-state index >= 15 is 0 Å². The fourth-order valence-electron chi connectivity index (χ4n) is 2.84. The average Bonchev–Trinajstić information content (AvgIpc) is 2.95. The highest BCUT2D eigenvalue weighted by molar-refractivity contribution is 6.03. The van der Waals surface area contributed by atoms with Gasteiger partial charge in [0.2, 0.25) is 11.8 Å². The van der Waals surface area contributed by atoms with Crippen molar-refractivity contribution >= 4 is 23.2 Å². The SMILES string of the molecule is Cc1cc(N2C[C@H](C(=O)Nc3c[nH]c(=O)c(C)c3)CC2=O)ccc1F. The molecule has 0 unspecified atom stereocenters. The monoisotopic (exact) mass is 343 g/mol. The van der Waals surface area contributed by atoms with Crippen LogP contribution in [-0.2, 0) is 9.59 Å². The molecular formula is C18H18FN3O3. The smallest absolute Gasteiger partial charge is 0.250 e. The van der Waals surface area contributed by atoms with Gasteiger partial charge in [-0.3, -0.25) is 14.4 Å². The maximum atomic E-state index is 13.4. The van der Waals surface area contributed by atoms with E-state index in [1.165, 1.54) is 23.2 Å². The Labute approximate surface area is 143 Å². The predicted octanol–water partition coefficient (Wildman–Crippen LogP) is 2.12. The van der Waals surface area contributed by atoms with Crippen molar-refractivity contribution < 1.29 is 14.0 Å². The quantitative estimate of drug-likeness (QED) is 0.896. The molecule has 130 valence electrons. The van der Waals surface area contributed by atoms with Crippen molar-refractivity contribution in [3.05, 3.63) is 57.8 Å². The maximum absolute atomic E-state index is 13.4. The molecule has 1 aliphatic rings. The maximum Gasteiger partial charge on any atom is 0.250 e. The van der Waals surface area contributed by atoms with Gasteiger partial charge >= 0.3 is 0 Å². The number of hydrogen-bond acceptors (Lipinski definition) is 3. The van der Waals surface area contributed by atoms with Crippen LogP contribution >= 0.6 is 0 Å². The Morgan fingerprint density at radius 3 is 2.68 bits per heavy atom. The first kappa shape index (κ1) is 16.9. The lowest BCUT2D eigenvalue weighted by Crippen LogP contribution is -2.28. The first-order valence-electron chi connectivity index (χ1n) is 7.92. The third-order valence-electron chi connectivity index (χ3n) is 4.31. The molecule has 1 aromatic heterocycles. The second-order valence-electron chi connectivity index (χ2n) is 6.23. The summed E-state index contributed by atoms with van der Waals surface area (Å²) in [6, 6.07) is 6.02. The van der Waals surface area contributed by atoms with Crippen molar-refractivity contribution in [3.8, 4) is 0 Å². The molecule has 25 heavy (non-hydrogen) atoms. The third kappa shape index (κ3) is 3.45. The number of anilines is 2. The number of aromatic amines is 1. The number of H-pyrrole nitrogens is 1. The molecular weight excluding hydrogens is 325 g/mol. The molecule has 2 aromatic rings. The van der Waals surface area contributed by atoms with E-state index in [-0.39, 0.29) is 36.2 Å². The number of halogens is 1. The second kappa shape index (κ2) is 6.51. The molecule has 2 heterocycles. The normalized spacial score (nSPS) is 17.0. The summed E-state index contributed by atoms with van der Waals surface area (Å²) >= 11 is 0. The zero-order valence-corrected chi connectivity index (χ0v) is 13.9. The van der Waals surface area contributed by atoms with Gasteiger partial charge in [-0.2, -0.15) is 0 Å². The predicted molar refractivity (Wildman–Crippen MR) is 92.0 cm³/mol. The van der Waals surface area contributed by atoms with E-state index in [4.69, 9.17) is 0 Å². The summed E-state index contributed by atoms with van der Waals surface area (Å²) in [6.45, 7) is 3.51. The summed E-state index contributed by atoms with van der Waals surface area (Å²) in [6.07, 6.45) is 1.51. The van der Waals surface area contributed by atoms with E-state index in [9.17, 15) is 18.8 Å². The molecule has 0 aliphatic carbocycles. The summed E-state index contributed by atoms with van der Waals surface area (Å²) < 4.78 is 13.4. The molecule has 2 N–H and O–H groups in total. The average molecular weight is 343 g/mol. The Hall–Kier alpha value is -2.96. The van der Waals surface area contributed by atoms with Crippen molar-refractivity contribution in [2.45, 2.75) is 20.3 Å². The minimum Gasteiger partial charge on any atom is -0.327 e. The fraction of sp³-hybridized carbons (Fsp3) is 0.278. The number of aromatic nitrogens is 1. The van der Waals surface area contributed by atoms with Gasteiger partial charge in [-0.1, -0.05) is 0 Å². The van der Waals surface area contributed by atoms with Crippen molar-refractivity contribution in [2.24, 2.45) is 5.92 Å². The molecule has 0 spiro atoms. The van der Waals surface area contributed by atoms with E-state index in [0.717, 1.165) is 0 Å². The van der Waals surface area contributed by atoms with E-state index in [2.05, 4.69) is 10.3 Å². The summed E-state index contributed by atoms with van der Waals surface area (Å²) in [4.78, 5) is 40.0. The van der Waals surface area contributed by atoms with Gasteiger partial charge in [-0.25, -0.2) is 4.39 Å². The lowest BCUT2D eigenvalue weighted by Gasteiger charge is -2.17. The first-order valence-corrected chi connectivity index (χ1v) is 7.92. The van der Waals surface area contributed by atoms with Gasteiger partial charge in [0, 0.05) is 30.4 Å². The Morgan fingerprint density at radius 1 is 1.24 bits per heavy atom. The first-order chi connectivity index (χ1) is 11.8. The highest BCUT2D eigenvalue weighted by Crippen LogP contribution is 2.27. The van der Waals surface area contributed by atoms with Gasteiger partial charge in [0.05, 0.1) is 11.6 Å². The van der Waals surface area contributed by atoms with Crippen molar-refractivity contribution in [3.63, 3.8) is 0 Å². The lowest BCUT2D eigenvalue weighted by molar-refractivity contribution is -0.122. The van der Waals surface area contributed by atoms with Gasteiger partial charge in [0.1, 0.15) is 5.82 Å². The van der Waals surface area contributed by atoms with Crippen LogP contribution in [0.2, 0.25) is 0 Å². The van der Waals surface area contributed by atoms with Crippen LogP contribution in [0.3, 0.4) is 0 Å². The molecule has 0 radical (unpaired) electrons. The van der Waals surface area contributed by atoms with Crippen LogP contribution in [0.4, 0.5) is 15.8 Å². The summed E-state index contributed by atoms with van der Waals surface area (Å²) in [7, 11) is 0. The van der Waals surface area contributed by atoms with Crippen LogP contribution in [0.1, 0.15) is 17.5 Å². The minimum absolute atomic E-state index is 0.0879. The third-order valence-corrected chi connectivity index (χ3v) is 4.31. The van der Waals surface area contributed by atoms with Crippen LogP contribution in [0, 0.1) is 25.6 Å². The lowest BCUT2D eigenvalue weighted by atomic mass is 10.1. The molecule has 1 fully saturated rings. The fourth-order valence-corrected chi connectivity index (χ4v) is 2.84. The highest BCUT2D eigenvalue weighted by Gasteiger charge is 2.35. The molecule has 1 aromatic carbocycles. The number of rotatable bonds is 3. The number of pyridine rings is 1. The summed E-state index contributed by atoms with van der Waals surface area (Å²) in [5.41, 5.74) is 1.78. The van der Waals surface area contributed by atoms with Crippen LogP contribution in [0.5, 0.6) is 0 Å². The van der Waals surface area contributed by atoms with Crippen LogP contribution in [0.25, 0.3) is 0 Å². The molecule has 6 nitrogen and oxygen atoms in total. The zero-order valence-electron chi connectivity index (χ0n) is 13.9. The number of carbonyl (C=O) groups excluding carboxylic acids is 2. The Morgan fingerprint density at radius 2 is 2.00 bits per heavy atom. The molecule has 2 amide bonds. The Bertz CT molecular complexity index is 907. The molecule has 0 saturated carbocycles. The number of nitrogens with one attached hydrogen (secondary N) is 2. The van der Waals surface area contributed by atoms with E-state index in [1.807, 2.05) is 0 Å². The van der Waals surface area contributed by atoms with E-state index in [0.29, 0.717) is 22.5 Å². The van der Waals surface area contributed by atoms with Crippen LogP contribution < -0.4 is 15.8 Å². The van der Waals surface area contributed by atoms with Gasteiger partial charge in [-0.15, -0.1) is 0 Å². The van der Waals surface area contributed by atoms with Gasteiger partial charge in [0.15, 0.2) is 0 Å². The van der Waals surface area contributed by atoms with Gasteiger partial charge in [-0.05, 0) is 43.7 Å². The number of carbonyl (C=O) groups is 2. The van der Waals surface area contributed by atoms with Crippen molar-refractivity contribution in [2.75, 3.05) is 16.8 Å². The Balaban J connectivity index is 1.72. The number of nitrogens with zero attached hydrogens (tertiary/aromatic N) is 1. The molecule has 7 heteroatoms. The van der Waals surface area contributed by atoms with Gasteiger partial charge in [0.25, 0.3) is 5.56 Å². The van der Waals surface area contributed by atoms with E-state index < -0.39 is 5.92 Å².